The van der Waals surface area contributed by atoms with Crippen LogP contribution in [0.1, 0.15) is 18.9 Å². The molecule has 0 fully saturated rings. The molecule has 0 unspecified atom stereocenters. The van der Waals surface area contributed by atoms with Crippen LogP contribution in [0.15, 0.2) is 18.2 Å². The van der Waals surface area contributed by atoms with Crippen molar-refractivity contribution in [3.63, 3.8) is 0 Å². The van der Waals surface area contributed by atoms with Gasteiger partial charge in [0.25, 0.3) is 0 Å². The number of rotatable bonds is 6. The highest BCUT2D eigenvalue weighted by molar-refractivity contribution is 7.91. The average Bonchev–Trinajstić information content (AvgIpc) is 2.24. The number of benzene rings is 1. The van der Waals surface area contributed by atoms with Crippen LogP contribution in [0.4, 0.5) is 5.69 Å². The van der Waals surface area contributed by atoms with Gasteiger partial charge >= 0.3 is 0 Å². The molecular weight excluding hydrogens is 238 g/mol. The van der Waals surface area contributed by atoms with Crippen LogP contribution in [0.3, 0.4) is 0 Å². The highest BCUT2D eigenvalue weighted by Gasteiger charge is 2.10. The summed E-state index contributed by atoms with van der Waals surface area (Å²) in [5.41, 5.74) is 7.32. The summed E-state index contributed by atoms with van der Waals surface area (Å²) in [5.74, 6) is 0.796. The SMILES string of the molecule is CCCS(=O)(=O)CCOc1cccc(C)c1N. The van der Waals surface area contributed by atoms with Gasteiger partial charge in [-0.05, 0) is 25.0 Å². The van der Waals surface area contributed by atoms with Crippen LogP contribution >= 0.6 is 0 Å². The van der Waals surface area contributed by atoms with Crippen molar-refractivity contribution in [1.29, 1.82) is 0 Å². The smallest absolute Gasteiger partial charge is 0.153 e. The second kappa shape index (κ2) is 5.91. The monoisotopic (exact) mass is 257 g/mol. The topological polar surface area (TPSA) is 69.4 Å². The van der Waals surface area contributed by atoms with E-state index in [4.69, 9.17) is 10.5 Å². The van der Waals surface area contributed by atoms with Gasteiger partial charge in [-0.15, -0.1) is 0 Å². The van der Waals surface area contributed by atoms with E-state index in [-0.39, 0.29) is 18.1 Å². The minimum atomic E-state index is -2.99. The Kier molecular flexibility index (Phi) is 4.81. The Bertz CT molecular complexity index is 469. The van der Waals surface area contributed by atoms with Crippen LogP contribution in [0, 0.1) is 6.92 Å². The first-order valence-electron chi connectivity index (χ1n) is 5.64. The van der Waals surface area contributed by atoms with E-state index in [0.717, 1.165) is 5.56 Å². The number of para-hydroxylation sites is 1. The number of nitrogens with two attached hydrogens (primary N) is 1. The summed E-state index contributed by atoms with van der Waals surface area (Å²) in [6.45, 7) is 3.88. The average molecular weight is 257 g/mol. The van der Waals surface area contributed by atoms with E-state index in [0.29, 0.717) is 17.9 Å². The Labute approximate surface area is 103 Å². The van der Waals surface area contributed by atoms with Crippen LogP contribution in [0.2, 0.25) is 0 Å². The van der Waals surface area contributed by atoms with Crippen molar-refractivity contribution in [2.45, 2.75) is 20.3 Å². The Balaban J connectivity index is 2.55. The van der Waals surface area contributed by atoms with E-state index in [2.05, 4.69) is 0 Å². The second-order valence-electron chi connectivity index (χ2n) is 3.99. The zero-order valence-electron chi connectivity index (χ0n) is 10.3. The summed E-state index contributed by atoms with van der Waals surface area (Å²) in [4.78, 5) is 0. The van der Waals surface area contributed by atoms with Crippen molar-refractivity contribution >= 4 is 15.5 Å². The Morgan fingerprint density at radius 3 is 2.65 bits per heavy atom. The molecule has 0 amide bonds. The number of nitrogen functional groups attached to an aromatic ring is 1. The zero-order chi connectivity index (χ0) is 12.9. The normalized spacial score (nSPS) is 11.4. The standard InChI is InChI=1S/C12H19NO3S/c1-3-8-17(14,15)9-7-16-11-6-4-5-10(2)12(11)13/h4-6H,3,7-9,13H2,1-2H3. The third-order valence-corrected chi connectivity index (χ3v) is 4.27. The molecule has 0 aromatic heterocycles. The van der Waals surface area contributed by atoms with Gasteiger partial charge in [-0.25, -0.2) is 8.42 Å². The van der Waals surface area contributed by atoms with Gasteiger partial charge in [0.05, 0.1) is 17.2 Å². The fourth-order valence-electron chi connectivity index (χ4n) is 1.47. The fraction of sp³-hybridized carbons (Fsp3) is 0.500. The van der Waals surface area contributed by atoms with E-state index < -0.39 is 9.84 Å². The van der Waals surface area contributed by atoms with E-state index in [1.807, 2.05) is 26.0 Å². The van der Waals surface area contributed by atoms with Crippen LogP contribution in [0.25, 0.3) is 0 Å². The van der Waals surface area contributed by atoms with Gasteiger partial charge in [0.1, 0.15) is 12.4 Å². The zero-order valence-corrected chi connectivity index (χ0v) is 11.1. The maximum atomic E-state index is 11.5. The Morgan fingerprint density at radius 2 is 2.00 bits per heavy atom. The molecule has 1 aromatic rings. The quantitative estimate of drug-likeness (QED) is 0.789. The van der Waals surface area contributed by atoms with Crippen molar-refractivity contribution < 1.29 is 13.2 Å². The summed E-state index contributed by atoms with van der Waals surface area (Å²) < 4.78 is 28.3. The first-order chi connectivity index (χ1) is 7.96. The van der Waals surface area contributed by atoms with E-state index >= 15 is 0 Å². The number of aryl methyl sites for hydroxylation is 1. The van der Waals surface area contributed by atoms with Gasteiger partial charge < -0.3 is 10.5 Å². The van der Waals surface area contributed by atoms with E-state index in [9.17, 15) is 8.42 Å². The molecule has 4 nitrogen and oxygen atoms in total. The minimum Gasteiger partial charge on any atom is -0.490 e. The van der Waals surface area contributed by atoms with Crippen LogP contribution in [-0.4, -0.2) is 26.5 Å². The molecule has 1 aromatic carbocycles. The maximum Gasteiger partial charge on any atom is 0.153 e. The van der Waals surface area contributed by atoms with Gasteiger partial charge in [0, 0.05) is 0 Å². The number of ether oxygens (including phenoxy) is 1. The second-order valence-corrected chi connectivity index (χ2v) is 6.29. The Hall–Kier alpha value is -1.23. The third-order valence-electron chi connectivity index (χ3n) is 2.45. The summed E-state index contributed by atoms with van der Waals surface area (Å²) in [6.07, 6.45) is 0.634. The third kappa shape index (κ3) is 4.26. The lowest BCUT2D eigenvalue weighted by molar-refractivity contribution is 0.342. The number of hydrogen-bond donors (Lipinski definition) is 1. The molecule has 0 aliphatic rings. The predicted molar refractivity (Wildman–Crippen MR) is 70.0 cm³/mol. The summed E-state index contributed by atoms with van der Waals surface area (Å²) in [7, 11) is -2.99. The first kappa shape index (κ1) is 13.8. The number of anilines is 1. The van der Waals surface area contributed by atoms with Gasteiger partial charge in [0.2, 0.25) is 0 Å². The van der Waals surface area contributed by atoms with Crippen molar-refractivity contribution in [2.24, 2.45) is 0 Å². The molecule has 0 heterocycles. The molecule has 0 aliphatic heterocycles. The maximum absolute atomic E-state index is 11.5. The van der Waals surface area contributed by atoms with Gasteiger partial charge in [-0.3, -0.25) is 0 Å². The molecule has 96 valence electrons. The largest absolute Gasteiger partial charge is 0.490 e. The van der Waals surface area contributed by atoms with Crippen molar-refractivity contribution in [2.75, 3.05) is 23.8 Å². The number of sulfone groups is 1. The number of hydrogen-bond acceptors (Lipinski definition) is 4. The highest BCUT2D eigenvalue weighted by atomic mass is 32.2. The molecule has 17 heavy (non-hydrogen) atoms. The molecule has 0 atom stereocenters. The fourth-order valence-corrected chi connectivity index (χ4v) is 2.63. The van der Waals surface area contributed by atoms with Crippen LogP contribution in [-0.2, 0) is 9.84 Å². The lowest BCUT2D eigenvalue weighted by atomic mass is 10.2. The Morgan fingerprint density at radius 1 is 1.29 bits per heavy atom. The van der Waals surface area contributed by atoms with Gasteiger partial charge in [-0.2, -0.15) is 0 Å². The molecule has 2 N–H and O–H groups in total. The first-order valence-corrected chi connectivity index (χ1v) is 7.46. The summed E-state index contributed by atoms with van der Waals surface area (Å²) in [6, 6.07) is 5.46. The van der Waals surface area contributed by atoms with Gasteiger partial charge in [0.15, 0.2) is 9.84 Å². The van der Waals surface area contributed by atoms with E-state index in [1.165, 1.54) is 0 Å². The van der Waals surface area contributed by atoms with Crippen molar-refractivity contribution in [1.82, 2.24) is 0 Å². The molecule has 0 radical (unpaired) electrons. The lowest BCUT2D eigenvalue weighted by Crippen LogP contribution is -2.17. The molecule has 1 rings (SSSR count). The van der Waals surface area contributed by atoms with E-state index in [1.54, 1.807) is 6.07 Å². The van der Waals surface area contributed by atoms with Gasteiger partial charge in [-0.1, -0.05) is 19.1 Å². The van der Waals surface area contributed by atoms with Crippen molar-refractivity contribution in [3.8, 4) is 5.75 Å². The lowest BCUT2D eigenvalue weighted by Gasteiger charge is -2.10. The molecule has 0 spiro atoms. The molecule has 5 heteroatoms. The van der Waals surface area contributed by atoms with Crippen molar-refractivity contribution in [3.05, 3.63) is 23.8 Å². The molecular formula is C12H19NO3S. The molecule has 0 aliphatic carbocycles. The van der Waals surface area contributed by atoms with Crippen LogP contribution < -0.4 is 10.5 Å². The summed E-state index contributed by atoms with van der Waals surface area (Å²) in [5, 5.41) is 0. The summed E-state index contributed by atoms with van der Waals surface area (Å²) >= 11 is 0. The molecule has 0 saturated heterocycles. The molecule has 0 saturated carbocycles. The minimum absolute atomic E-state index is 0.0359. The molecule has 0 bridgehead atoms. The predicted octanol–water partition coefficient (Wildman–Crippen LogP) is 1.78. The highest BCUT2D eigenvalue weighted by Crippen LogP contribution is 2.24. The van der Waals surface area contributed by atoms with Crippen LogP contribution in [0.5, 0.6) is 5.75 Å².